The van der Waals surface area contributed by atoms with Gasteiger partial charge in [-0.1, -0.05) is 36.2 Å². The molecule has 1 aliphatic rings. The molecule has 2 heterocycles. The van der Waals surface area contributed by atoms with Crippen LogP contribution in [0, 0.1) is 5.92 Å². The maximum Gasteiger partial charge on any atom is 0.280 e. The number of aromatic nitrogens is 2. The lowest BCUT2D eigenvalue weighted by Gasteiger charge is -2.36. The number of anilines is 1. The van der Waals surface area contributed by atoms with Crippen LogP contribution in [0.4, 0.5) is 5.69 Å². The number of halogens is 2. The number of hydrogen-bond acceptors (Lipinski definition) is 8. The number of aryl methyl sites for hydroxylation is 1. The SMILES string of the molecule is C[C@H](CO)N1C[C@H](C)[C@@H](CN(C)Cc2ccc(Cl)c(Cl)c2)OCCCC[C@H](C)Oc2ccc(NS(=O)(=O)c3cn(C)cn3)cc2C1=O. The van der Waals surface area contributed by atoms with Crippen LogP contribution >= 0.6 is 23.2 Å². The molecule has 3 aromatic rings. The van der Waals surface area contributed by atoms with Gasteiger partial charge in [0.1, 0.15) is 5.75 Å². The van der Waals surface area contributed by atoms with Crippen molar-refractivity contribution in [1.82, 2.24) is 19.4 Å². The van der Waals surface area contributed by atoms with Gasteiger partial charge in [0, 0.05) is 51.1 Å². The first kappa shape index (κ1) is 37.0. The minimum atomic E-state index is -4.01. The van der Waals surface area contributed by atoms with Gasteiger partial charge in [-0.3, -0.25) is 14.4 Å². The number of nitrogens with zero attached hydrogens (tertiary/aromatic N) is 4. The van der Waals surface area contributed by atoms with Gasteiger partial charge in [-0.2, -0.15) is 8.42 Å². The molecular weight excluding hydrogens is 665 g/mol. The number of nitrogens with one attached hydrogen (secondary N) is 1. The zero-order chi connectivity index (χ0) is 34.3. The molecule has 4 atom stereocenters. The van der Waals surface area contributed by atoms with E-state index in [1.165, 1.54) is 23.2 Å². The summed E-state index contributed by atoms with van der Waals surface area (Å²) in [6, 6.07) is 9.71. The van der Waals surface area contributed by atoms with Crippen molar-refractivity contribution in [2.75, 3.05) is 38.1 Å². The fourth-order valence-corrected chi connectivity index (χ4v) is 6.86. The second kappa shape index (κ2) is 16.5. The Morgan fingerprint density at radius 2 is 1.91 bits per heavy atom. The standard InChI is InChI=1S/C33H45Cl2N5O6S/c1-22-16-40(23(2)20-41)33(42)27-15-26(37-47(43,44)32-19-39(5)21-36-32)10-12-30(27)46-24(3)8-6-7-13-45-31(22)18-38(4)17-25-9-11-28(34)29(35)14-25/h9-12,14-15,19,21-24,31,37,41H,6-8,13,16-18,20H2,1-5H3/t22-,23+,24-,31+/m0/s1. The van der Waals surface area contributed by atoms with Crippen molar-refractivity contribution in [2.24, 2.45) is 13.0 Å². The van der Waals surface area contributed by atoms with Crippen LogP contribution in [0.1, 0.15) is 56.0 Å². The van der Waals surface area contributed by atoms with Gasteiger partial charge in [0.05, 0.1) is 46.8 Å². The van der Waals surface area contributed by atoms with Crippen LogP contribution in [0.5, 0.6) is 5.75 Å². The predicted octanol–water partition coefficient (Wildman–Crippen LogP) is 5.46. The molecule has 47 heavy (non-hydrogen) atoms. The summed E-state index contributed by atoms with van der Waals surface area (Å²) in [5.74, 6) is -0.168. The van der Waals surface area contributed by atoms with Gasteiger partial charge in [-0.25, -0.2) is 4.98 Å². The Labute approximate surface area is 287 Å². The number of aliphatic hydroxyl groups is 1. The monoisotopic (exact) mass is 709 g/mol. The van der Waals surface area contributed by atoms with Crippen molar-refractivity contribution in [2.45, 2.75) is 69.9 Å². The second-order valence-corrected chi connectivity index (χ2v) is 14.9. The summed E-state index contributed by atoms with van der Waals surface area (Å²) in [6.45, 7) is 7.54. The summed E-state index contributed by atoms with van der Waals surface area (Å²) < 4.78 is 42.9. The molecule has 4 rings (SSSR count). The Balaban J connectivity index is 1.63. The number of carbonyl (C=O) groups is 1. The van der Waals surface area contributed by atoms with Crippen molar-refractivity contribution < 1.29 is 27.8 Å². The minimum absolute atomic E-state index is 0.124. The molecule has 2 N–H and O–H groups in total. The van der Waals surface area contributed by atoms with Crippen LogP contribution in [-0.4, -0.2) is 90.4 Å². The van der Waals surface area contributed by atoms with E-state index in [0.717, 1.165) is 24.8 Å². The summed E-state index contributed by atoms with van der Waals surface area (Å²) >= 11 is 12.4. The highest BCUT2D eigenvalue weighted by Crippen LogP contribution is 2.30. The Morgan fingerprint density at radius 3 is 2.60 bits per heavy atom. The zero-order valence-corrected chi connectivity index (χ0v) is 29.9. The van der Waals surface area contributed by atoms with Crippen molar-refractivity contribution >= 4 is 44.8 Å². The smallest absolute Gasteiger partial charge is 0.280 e. The molecule has 1 aliphatic heterocycles. The number of carbonyl (C=O) groups excluding carboxylic acids is 1. The summed E-state index contributed by atoms with van der Waals surface area (Å²) in [7, 11) is -0.325. The number of imidazole rings is 1. The molecule has 11 nitrogen and oxygen atoms in total. The third-order valence-corrected chi connectivity index (χ3v) is 10.2. The number of fused-ring (bicyclic) bond motifs is 1. The number of aliphatic hydroxyl groups excluding tert-OH is 1. The molecule has 1 aromatic heterocycles. The number of ether oxygens (including phenoxy) is 2. The number of hydrogen-bond donors (Lipinski definition) is 2. The fourth-order valence-electron chi connectivity index (χ4n) is 5.51. The lowest BCUT2D eigenvalue weighted by molar-refractivity contribution is -0.0177. The van der Waals surface area contributed by atoms with E-state index in [1.807, 2.05) is 33.0 Å². The van der Waals surface area contributed by atoms with E-state index in [4.69, 9.17) is 32.7 Å². The predicted molar refractivity (Wildman–Crippen MR) is 184 cm³/mol. The summed E-state index contributed by atoms with van der Waals surface area (Å²) in [5, 5.41) is 11.1. The Kier molecular flexibility index (Phi) is 13.0. The number of likely N-dealkylation sites (N-methyl/N-ethyl adjacent to an activating group) is 1. The molecule has 0 saturated heterocycles. The number of amides is 1. The first-order valence-corrected chi connectivity index (χ1v) is 18.0. The minimum Gasteiger partial charge on any atom is -0.490 e. The maximum absolute atomic E-state index is 14.3. The van der Waals surface area contributed by atoms with E-state index in [2.05, 4.69) is 14.6 Å². The lowest BCUT2D eigenvalue weighted by Crippen LogP contribution is -2.47. The quantitative estimate of drug-likeness (QED) is 0.300. The third kappa shape index (κ3) is 10.1. The molecule has 0 bridgehead atoms. The average molecular weight is 711 g/mol. The molecule has 0 aliphatic carbocycles. The van der Waals surface area contributed by atoms with Crippen molar-refractivity contribution in [3.63, 3.8) is 0 Å². The van der Waals surface area contributed by atoms with Crippen molar-refractivity contribution in [3.05, 3.63) is 70.1 Å². The normalized spacial score (nSPS) is 20.7. The van der Waals surface area contributed by atoms with Crippen LogP contribution in [-0.2, 0) is 28.4 Å². The van der Waals surface area contributed by atoms with E-state index >= 15 is 0 Å². The summed E-state index contributed by atoms with van der Waals surface area (Å²) in [6.07, 6.45) is 4.79. The second-order valence-electron chi connectivity index (χ2n) is 12.4. The molecule has 0 fully saturated rings. The first-order valence-electron chi connectivity index (χ1n) is 15.7. The van der Waals surface area contributed by atoms with Gasteiger partial charge in [-0.05, 0) is 76.1 Å². The van der Waals surface area contributed by atoms with Crippen LogP contribution < -0.4 is 9.46 Å². The van der Waals surface area contributed by atoms with Crippen molar-refractivity contribution in [3.8, 4) is 5.75 Å². The van der Waals surface area contributed by atoms with Gasteiger partial charge in [0.2, 0.25) is 0 Å². The van der Waals surface area contributed by atoms with Crippen molar-refractivity contribution in [1.29, 1.82) is 0 Å². The zero-order valence-electron chi connectivity index (χ0n) is 27.5. The topological polar surface area (TPSA) is 126 Å². The Bertz CT molecular complexity index is 1620. The molecule has 2 aromatic carbocycles. The largest absolute Gasteiger partial charge is 0.490 e. The van der Waals surface area contributed by atoms with E-state index in [9.17, 15) is 18.3 Å². The first-order chi connectivity index (χ1) is 22.3. The van der Waals surface area contributed by atoms with E-state index < -0.39 is 16.1 Å². The van der Waals surface area contributed by atoms with Crippen LogP contribution in [0.25, 0.3) is 0 Å². The molecular formula is C33H45Cl2N5O6S. The lowest BCUT2D eigenvalue weighted by atomic mass is 10.0. The van der Waals surface area contributed by atoms with Gasteiger partial charge in [0.25, 0.3) is 15.9 Å². The van der Waals surface area contributed by atoms with Gasteiger partial charge >= 0.3 is 0 Å². The highest BCUT2D eigenvalue weighted by Gasteiger charge is 2.31. The van der Waals surface area contributed by atoms with Gasteiger partial charge < -0.3 is 24.0 Å². The average Bonchev–Trinajstić information content (AvgIpc) is 3.47. The van der Waals surface area contributed by atoms with E-state index in [1.54, 1.807) is 37.1 Å². The maximum atomic E-state index is 14.3. The number of rotatable bonds is 9. The Morgan fingerprint density at radius 1 is 1.15 bits per heavy atom. The molecule has 0 unspecified atom stereocenters. The molecule has 14 heteroatoms. The van der Waals surface area contributed by atoms with Gasteiger partial charge in [0.15, 0.2) is 5.03 Å². The third-order valence-electron chi connectivity index (χ3n) is 8.19. The fraction of sp³-hybridized carbons (Fsp3) is 0.515. The summed E-state index contributed by atoms with van der Waals surface area (Å²) in [5.41, 5.74) is 1.40. The van der Waals surface area contributed by atoms with Gasteiger partial charge in [-0.15, -0.1) is 0 Å². The highest BCUT2D eigenvalue weighted by atomic mass is 35.5. The van der Waals surface area contributed by atoms with Crippen LogP contribution in [0.2, 0.25) is 10.0 Å². The van der Waals surface area contributed by atoms with Crippen LogP contribution in [0.15, 0.2) is 53.9 Å². The molecule has 0 saturated carbocycles. The van der Waals surface area contributed by atoms with E-state index in [0.29, 0.717) is 35.5 Å². The summed E-state index contributed by atoms with van der Waals surface area (Å²) in [4.78, 5) is 22.1. The number of benzene rings is 2. The van der Waals surface area contributed by atoms with Crippen LogP contribution in [0.3, 0.4) is 0 Å². The van der Waals surface area contributed by atoms with E-state index in [-0.39, 0.29) is 53.5 Å². The number of sulfonamides is 1. The highest BCUT2D eigenvalue weighted by molar-refractivity contribution is 7.92. The molecule has 258 valence electrons. The molecule has 0 spiro atoms. The Hall–Kier alpha value is -2.87. The molecule has 1 amide bonds. The molecule has 0 radical (unpaired) electrons.